The molecule has 2 nitrogen and oxygen atoms in total. The van der Waals surface area contributed by atoms with Gasteiger partial charge < -0.3 is 10.1 Å². The average molecular weight is 319 g/mol. The van der Waals surface area contributed by atoms with E-state index in [0.717, 1.165) is 16.4 Å². The van der Waals surface area contributed by atoms with Crippen LogP contribution in [0.2, 0.25) is 0 Å². The third-order valence-electron chi connectivity index (χ3n) is 2.11. The molecule has 0 bridgehead atoms. The molecule has 1 aromatic rings. The van der Waals surface area contributed by atoms with Gasteiger partial charge in [-0.1, -0.05) is 46.9 Å². The first-order valence-corrected chi connectivity index (χ1v) is 5.80. The fraction of sp³-hybridized carbons (Fsp3) is 0.300. The van der Waals surface area contributed by atoms with Gasteiger partial charge in [0.1, 0.15) is 15.8 Å². The topological polar surface area (TPSA) is 21.3 Å². The largest absolute Gasteiger partial charge is 0.490 e. The first-order valence-electron chi connectivity index (χ1n) is 4.32. The van der Waals surface area contributed by atoms with Crippen molar-refractivity contribution in [2.45, 2.75) is 10.3 Å². The molecule has 14 heavy (non-hydrogen) atoms. The number of alkyl halides is 1. The zero-order valence-electron chi connectivity index (χ0n) is 7.71. The van der Waals surface area contributed by atoms with Crippen molar-refractivity contribution in [1.82, 2.24) is 0 Å². The number of nitrogens with one attached hydrogen (secondary N) is 1. The van der Waals surface area contributed by atoms with E-state index in [2.05, 4.69) is 34.8 Å². The number of hydrogen-bond donors (Lipinski definition) is 1. The van der Waals surface area contributed by atoms with E-state index >= 15 is 0 Å². The van der Waals surface area contributed by atoms with E-state index in [1.165, 1.54) is 0 Å². The van der Waals surface area contributed by atoms with Crippen molar-refractivity contribution in [1.29, 1.82) is 0 Å². The molecule has 1 aliphatic heterocycles. The quantitative estimate of drug-likeness (QED) is 0.451. The van der Waals surface area contributed by atoms with Crippen LogP contribution >= 0.6 is 34.8 Å². The first-order chi connectivity index (χ1) is 6.59. The molecule has 2 rings (SSSR count). The highest BCUT2D eigenvalue weighted by Crippen LogP contribution is 2.32. The van der Waals surface area contributed by atoms with Crippen molar-refractivity contribution >= 4 is 45.5 Å². The predicted molar refractivity (Wildman–Crippen MR) is 70.6 cm³/mol. The summed E-state index contributed by atoms with van der Waals surface area (Å²) < 4.78 is 5.54. The predicted octanol–water partition coefficient (Wildman–Crippen LogP) is 3.01. The lowest BCUT2D eigenvalue weighted by Gasteiger charge is -2.19. The second-order valence-corrected chi connectivity index (χ2v) is 6.23. The Hall–Kier alpha value is -0.360. The van der Waals surface area contributed by atoms with E-state index in [4.69, 9.17) is 17.0 Å². The van der Waals surface area contributed by atoms with Gasteiger partial charge in [0.2, 0.25) is 0 Å². The average Bonchev–Trinajstić information content (AvgIpc) is 2.26. The van der Waals surface area contributed by atoms with Gasteiger partial charge in [-0.05, 0) is 19.1 Å². The number of para-hydroxylation sites is 2. The van der Waals surface area contributed by atoms with Crippen molar-refractivity contribution in [3.05, 3.63) is 24.3 Å². The summed E-state index contributed by atoms with van der Waals surface area (Å²) in [5.74, 6) is 0.871. The van der Waals surface area contributed by atoms with E-state index in [0.29, 0.717) is 6.61 Å². The second-order valence-electron chi connectivity index (χ2n) is 3.44. The number of hydrogen-bond acceptors (Lipinski definition) is 2. The van der Waals surface area contributed by atoms with Crippen LogP contribution in [-0.2, 0) is 0 Å². The van der Waals surface area contributed by atoms with Crippen LogP contribution in [0.25, 0.3) is 0 Å². The number of fused-ring (bicyclic) bond motifs is 1. The fourth-order valence-electron chi connectivity index (χ4n) is 1.23. The number of thiocarbonyl (C=S) groups is 1. The number of benzene rings is 1. The summed E-state index contributed by atoms with van der Waals surface area (Å²) in [5, 5.41) is 3.21. The molecule has 0 saturated heterocycles. The van der Waals surface area contributed by atoms with Gasteiger partial charge in [-0.25, -0.2) is 0 Å². The van der Waals surface area contributed by atoms with Gasteiger partial charge in [-0.2, -0.15) is 0 Å². The van der Waals surface area contributed by atoms with E-state index in [1.807, 2.05) is 24.3 Å². The zero-order chi connectivity index (χ0) is 10.2. The summed E-state index contributed by atoms with van der Waals surface area (Å²) in [7, 11) is 0. The number of rotatable bonds is 0. The smallest absolute Gasteiger partial charge is 0.142 e. The molecule has 0 saturated carbocycles. The van der Waals surface area contributed by atoms with Crippen LogP contribution in [0, 0.1) is 0 Å². The summed E-state index contributed by atoms with van der Waals surface area (Å²) in [6.07, 6.45) is 0. The monoisotopic (exact) mass is 319 g/mol. The minimum Gasteiger partial charge on any atom is -0.490 e. The lowest BCUT2D eigenvalue weighted by Crippen LogP contribution is -2.36. The van der Waals surface area contributed by atoms with Gasteiger partial charge in [-0.3, -0.25) is 0 Å². The molecule has 0 spiro atoms. The molecule has 0 aliphatic carbocycles. The summed E-state index contributed by atoms with van der Waals surface area (Å²) in [6, 6.07) is 7.84. The summed E-state index contributed by atoms with van der Waals surface area (Å²) in [5.41, 5.74) is 0.956. The number of ether oxygens (including phenoxy) is 1. The maximum absolute atomic E-state index is 5.68. The Morgan fingerprint density at radius 1 is 1.50 bits per heavy atom. The van der Waals surface area contributed by atoms with Gasteiger partial charge in [-0.15, -0.1) is 0 Å². The van der Waals surface area contributed by atoms with E-state index < -0.39 is 0 Å². The van der Waals surface area contributed by atoms with E-state index in [1.54, 1.807) is 0 Å². The van der Waals surface area contributed by atoms with Gasteiger partial charge >= 0.3 is 0 Å². The maximum atomic E-state index is 5.68. The first kappa shape index (κ1) is 10.2. The van der Waals surface area contributed by atoms with Crippen LogP contribution in [0.15, 0.2) is 24.3 Å². The molecule has 1 atom stereocenters. The van der Waals surface area contributed by atoms with Gasteiger partial charge in [0, 0.05) is 0 Å². The zero-order valence-corrected chi connectivity index (χ0v) is 10.7. The lowest BCUT2D eigenvalue weighted by molar-refractivity contribution is 0.317. The van der Waals surface area contributed by atoms with Crippen LogP contribution in [0.3, 0.4) is 0 Å². The highest BCUT2D eigenvalue weighted by Gasteiger charge is 2.30. The Balaban J connectivity index is 2.38. The van der Waals surface area contributed by atoms with Crippen molar-refractivity contribution in [3.63, 3.8) is 0 Å². The maximum Gasteiger partial charge on any atom is 0.142 e. The van der Waals surface area contributed by atoms with Gasteiger partial charge in [0.15, 0.2) is 0 Å². The number of anilines is 1. The highest BCUT2D eigenvalue weighted by atomic mass is 127. The van der Waals surface area contributed by atoms with Crippen LogP contribution < -0.4 is 10.1 Å². The van der Waals surface area contributed by atoms with Crippen LogP contribution in [0.5, 0.6) is 5.75 Å². The summed E-state index contributed by atoms with van der Waals surface area (Å²) in [6.45, 7) is 2.67. The summed E-state index contributed by atoms with van der Waals surface area (Å²) in [4.78, 5) is 0.822. The molecule has 0 aromatic heterocycles. The SMILES string of the molecule is C[C@@]1(I)COc2ccccc2NC1=S. The minimum atomic E-state index is -0.133. The molecule has 1 N–H and O–H groups in total. The Kier molecular flexibility index (Phi) is 2.66. The van der Waals surface area contributed by atoms with Crippen molar-refractivity contribution in [3.8, 4) is 5.75 Å². The molecule has 1 aliphatic rings. The molecule has 0 fully saturated rings. The van der Waals surface area contributed by atoms with Crippen molar-refractivity contribution in [2.75, 3.05) is 11.9 Å². The molecule has 0 amide bonds. The normalized spacial score (nSPS) is 25.7. The Morgan fingerprint density at radius 3 is 3.00 bits per heavy atom. The van der Waals surface area contributed by atoms with E-state index in [-0.39, 0.29) is 3.42 Å². The third kappa shape index (κ3) is 1.86. The molecule has 74 valence electrons. The second kappa shape index (κ2) is 3.66. The number of halogens is 1. The van der Waals surface area contributed by atoms with Crippen LogP contribution in [0.1, 0.15) is 6.92 Å². The minimum absolute atomic E-state index is 0.133. The Bertz CT molecular complexity index is 378. The Morgan fingerprint density at radius 2 is 2.21 bits per heavy atom. The molecule has 0 unspecified atom stereocenters. The molecular formula is C10H10INOS. The standard InChI is InChI=1S/C10H10INOS/c1-10(11)6-13-8-5-3-2-4-7(8)12-9(10)14/h2-5H,6H2,1H3,(H,12,14)/t10-/m1/s1. The van der Waals surface area contributed by atoms with Gasteiger partial charge in [0.05, 0.1) is 10.7 Å². The molecular weight excluding hydrogens is 309 g/mol. The van der Waals surface area contributed by atoms with E-state index in [9.17, 15) is 0 Å². The van der Waals surface area contributed by atoms with Crippen LogP contribution in [-0.4, -0.2) is 15.0 Å². The van der Waals surface area contributed by atoms with Gasteiger partial charge in [0.25, 0.3) is 0 Å². The molecule has 0 radical (unpaired) electrons. The summed E-state index contributed by atoms with van der Waals surface area (Å²) >= 11 is 7.62. The molecule has 1 heterocycles. The molecule has 1 aromatic carbocycles. The van der Waals surface area contributed by atoms with Crippen molar-refractivity contribution in [2.24, 2.45) is 0 Å². The highest BCUT2D eigenvalue weighted by molar-refractivity contribution is 14.1. The van der Waals surface area contributed by atoms with Crippen molar-refractivity contribution < 1.29 is 4.74 Å². The van der Waals surface area contributed by atoms with Crippen LogP contribution in [0.4, 0.5) is 5.69 Å². The lowest BCUT2D eigenvalue weighted by atomic mass is 10.2. The molecule has 4 heteroatoms. The fourth-order valence-corrected chi connectivity index (χ4v) is 1.69. The third-order valence-corrected chi connectivity index (χ3v) is 3.88. The Labute approximate surface area is 102 Å².